The third kappa shape index (κ3) is 5.85. The number of carboxylic acid groups (broad SMARTS) is 1. The highest BCUT2D eigenvalue weighted by molar-refractivity contribution is 7.14. The first-order chi connectivity index (χ1) is 20.3. The predicted molar refractivity (Wildman–Crippen MR) is 159 cm³/mol. The molecular formula is C31H36N4O6S. The number of hydrogen-bond donors (Lipinski definition) is 1. The fourth-order valence-electron chi connectivity index (χ4n) is 6.24. The van der Waals surface area contributed by atoms with Crippen LogP contribution in [0.2, 0.25) is 0 Å². The smallest absolute Gasteiger partial charge is 0.304 e. The summed E-state index contributed by atoms with van der Waals surface area (Å²) >= 11 is 1.40. The topological polar surface area (TPSA) is 126 Å². The van der Waals surface area contributed by atoms with E-state index in [4.69, 9.17) is 14.1 Å². The molecule has 222 valence electrons. The van der Waals surface area contributed by atoms with Crippen LogP contribution >= 0.6 is 11.3 Å². The van der Waals surface area contributed by atoms with Crippen molar-refractivity contribution in [3.63, 3.8) is 0 Å². The first kappa shape index (κ1) is 28.5. The van der Waals surface area contributed by atoms with Crippen LogP contribution < -0.4 is 9.80 Å². The van der Waals surface area contributed by atoms with E-state index in [1.165, 1.54) is 11.3 Å². The Bertz CT molecular complexity index is 1470. The molecule has 0 bridgehead atoms. The molecule has 3 fully saturated rings. The number of rotatable bonds is 10. The standard InChI is InChI=1S/C31H36N4O6S/c1-18-28(21-5-8-25(32-16-21)34-11-3-4-26(34)36)29(19(2)41-18)24-17-42-31(33-24)35(23-6-7-23)30(39)22(15-27(37)38)14-20-9-12-40-13-10-20/h5,8,16-17,20,22-23H,3-4,6-7,9-15H2,1-2H3,(H,37,38)/t22-/m1/s1. The molecule has 6 rings (SSSR count). The van der Waals surface area contributed by atoms with E-state index in [1.54, 1.807) is 16.0 Å². The van der Waals surface area contributed by atoms with E-state index in [1.807, 2.05) is 31.4 Å². The number of pyridine rings is 1. The molecule has 1 N–H and O–H groups in total. The number of aromatic nitrogens is 2. The largest absolute Gasteiger partial charge is 0.481 e. The van der Waals surface area contributed by atoms with E-state index in [0.29, 0.717) is 55.0 Å². The van der Waals surface area contributed by atoms with Crippen molar-refractivity contribution in [2.75, 3.05) is 29.6 Å². The summed E-state index contributed by atoms with van der Waals surface area (Å²) in [5.41, 5.74) is 3.28. The normalized spacial score (nSPS) is 18.4. The maximum absolute atomic E-state index is 13.9. The first-order valence-corrected chi connectivity index (χ1v) is 15.6. The number of anilines is 2. The van der Waals surface area contributed by atoms with Crippen molar-refractivity contribution in [1.82, 2.24) is 9.97 Å². The number of aliphatic carboxylic acids is 1. The number of furan rings is 1. The van der Waals surface area contributed by atoms with Crippen LogP contribution in [0.25, 0.3) is 22.4 Å². The first-order valence-electron chi connectivity index (χ1n) is 14.8. The summed E-state index contributed by atoms with van der Waals surface area (Å²) in [5, 5.41) is 12.2. The quantitative estimate of drug-likeness (QED) is 0.322. The van der Waals surface area contributed by atoms with Crippen molar-refractivity contribution in [1.29, 1.82) is 0 Å². The summed E-state index contributed by atoms with van der Waals surface area (Å²) in [6.07, 6.45) is 6.97. The number of thiazole rings is 1. The molecule has 3 aliphatic rings. The highest BCUT2D eigenvalue weighted by Crippen LogP contribution is 2.43. The van der Waals surface area contributed by atoms with Gasteiger partial charge in [-0.05, 0) is 70.4 Å². The average Bonchev–Trinajstić information content (AvgIpc) is 3.38. The minimum atomic E-state index is -0.959. The molecule has 0 radical (unpaired) electrons. The number of ether oxygens (including phenoxy) is 1. The van der Waals surface area contributed by atoms with Gasteiger partial charge in [0, 0.05) is 60.8 Å². The summed E-state index contributed by atoms with van der Waals surface area (Å²) in [6.45, 7) is 5.79. The van der Waals surface area contributed by atoms with E-state index in [9.17, 15) is 19.5 Å². The molecule has 10 nitrogen and oxygen atoms in total. The summed E-state index contributed by atoms with van der Waals surface area (Å²) in [6, 6.07) is 3.86. The summed E-state index contributed by atoms with van der Waals surface area (Å²) in [4.78, 5) is 50.9. The van der Waals surface area contributed by atoms with Crippen LogP contribution in [-0.2, 0) is 19.1 Å². The summed E-state index contributed by atoms with van der Waals surface area (Å²) in [5.74, 6) is 0.758. The van der Waals surface area contributed by atoms with Gasteiger partial charge in [-0.15, -0.1) is 11.3 Å². The minimum absolute atomic E-state index is 0.0409. The average molecular weight is 593 g/mol. The van der Waals surface area contributed by atoms with Crippen molar-refractivity contribution >= 4 is 40.1 Å². The van der Waals surface area contributed by atoms with Gasteiger partial charge in [0.05, 0.1) is 17.7 Å². The molecule has 1 atom stereocenters. The van der Waals surface area contributed by atoms with Gasteiger partial charge in [0.2, 0.25) is 11.8 Å². The third-order valence-corrected chi connectivity index (χ3v) is 9.32. The number of amides is 2. The van der Waals surface area contributed by atoms with E-state index >= 15 is 0 Å². The number of carbonyl (C=O) groups is 3. The molecule has 3 aromatic heterocycles. The molecule has 11 heteroatoms. The lowest BCUT2D eigenvalue weighted by atomic mass is 9.86. The molecule has 2 aliphatic heterocycles. The second kappa shape index (κ2) is 12.0. The zero-order valence-electron chi connectivity index (χ0n) is 24.0. The van der Waals surface area contributed by atoms with Gasteiger partial charge in [-0.3, -0.25) is 24.2 Å². The highest BCUT2D eigenvalue weighted by atomic mass is 32.1. The van der Waals surface area contributed by atoms with Gasteiger partial charge < -0.3 is 14.3 Å². The molecule has 5 heterocycles. The summed E-state index contributed by atoms with van der Waals surface area (Å²) in [7, 11) is 0. The Balaban J connectivity index is 1.28. The number of hydrogen-bond acceptors (Lipinski definition) is 8. The molecule has 2 amide bonds. The number of carbonyl (C=O) groups excluding carboxylic acids is 2. The molecule has 1 saturated carbocycles. The van der Waals surface area contributed by atoms with E-state index < -0.39 is 11.9 Å². The minimum Gasteiger partial charge on any atom is -0.481 e. The zero-order valence-corrected chi connectivity index (χ0v) is 24.8. The van der Waals surface area contributed by atoms with Gasteiger partial charge in [-0.25, -0.2) is 9.97 Å². The Morgan fingerprint density at radius 1 is 1.14 bits per heavy atom. The SMILES string of the molecule is Cc1oc(C)c(-c2csc(N(C(=O)[C@@H](CC(=O)O)CC3CCOCC3)C3CC3)n2)c1-c1ccc(N2CCCC2=O)nc1. The Morgan fingerprint density at radius 2 is 1.90 bits per heavy atom. The molecule has 0 aromatic carbocycles. The fraction of sp³-hybridized carbons (Fsp3) is 0.516. The lowest BCUT2D eigenvalue weighted by Crippen LogP contribution is -2.40. The maximum atomic E-state index is 13.9. The zero-order chi connectivity index (χ0) is 29.4. The van der Waals surface area contributed by atoms with Crippen LogP contribution in [0.3, 0.4) is 0 Å². The van der Waals surface area contributed by atoms with E-state index in [-0.39, 0.29) is 30.2 Å². The van der Waals surface area contributed by atoms with Crippen LogP contribution in [0.4, 0.5) is 10.9 Å². The Kier molecular flexibility index (Phi) is 8.13. The van der Waals surface area contributed by atoms with Gasteiger partial charge in [0.15, 0.2) is 5.13 Å². The van der Waals surface area contributed by atoms with E-state index in [2.05, 4.69) is 4.98 Å². The second-order valence-electron chi connectivity index (χ2n) is 11.6. The van der Waals surface area contributed by atoms with Crippen molar-refractivity contribution in [2.24, 2.45) is 11.8 Å². The van der Waals surface area contributed by atoms with Gasteiger partial charge in [0.1, 0.15) is 17.3 Å². The molecule has 0 unspecified atom stereocenters. The molecule has 3 aromatic rings. The van der Waals surface area contributed by atoms with Gasteiger partial charge >= 0.3 is 5.97 Å². The lowest BCUT2D eigenvalue weighted by molar-refractivity contribution is -0.141. The van der Waals surface area contributed by atoms with Crippen LogP contribution in [0.1, 0.15) is 62.9 Å². The molecule has 2 saturated heterocycles. The lowest BCUT2D eigenvalue weighted by Gasteiger charge is -2.29. The molecule has 1 aliphatic carbocycles. The maximum Gasteiger partial charge on any atom is 0.304 e. The van der Waals surface area contributed by atoms with Gasteiger partial charge in [0.25, 0.3) is 0 Å². The van der Waals surface area contributed by atoms with Crippen molar-refractivity contribution < 1.29 is 28.6 Å². The second-order valence-corrected chi connectivity index (χ2v) is 12.4. The molecule has 42 heavy (non-hydrogen) atoms. The molecule has 0 spiro atoms. The summed E-state index contributed by atoms with van der Waals surface area (Å²) < 4.78 is 11.5. The van der Waals surface area contributed by atoms with Crippen molar-refractivity contribution in [3.8, 4) is 22.4 Å². The monoisotopic (exact) mass is 592 g/mol. The van der Waals surface area contributed by atoms with Crippen LogP contribution in [0, 0.1) is 25.7 Å². The Morgan fingerprint density at radius 3 is 2.55 bits per heavy atom. The van der Waals surface area contributed by atoms with Gasteiger partial charge in [-0.2, -0.15) is 0 Å². The Hall–Kier alpha value is -3.57. The molecular weight excluding hydrogens is 556 g/mol. The number of nitrogens with zero attached hydrogens (tertiary/aromatic N) is 4. The van der Waals surface area contributed by atoms with E-state index in [0.717, 1.165) is 54.6 Å². The number of aryl methyl sites for hydroxylation is 2. The van der Waals surface area contributed by atoms with Crippen molar-refractivity contribution in [2.45, 2.75) is 71.3 Å². The predicted octanol–water partition coefficient (Wildman–Crippen LogP) is 5.61. The van der Waals surface area contributed by atoms with Crippen LogP contribution in [0.15, 0.2) is 28.1 Å². The third-order valence-electron chi connectivity index (χ3n) is 8.48. The number of carboxylic acids is 1. The van der Waals surface area contributed by atoms with Crippen LogP contribution in [-0.4, -0.2) is 58.7 Å². The van der Waals surface area contributed by atoms with Gasteiger partial charge in [-0.1, -0.05) is 0 Å². The van der Waals surface area contributed by atoms with Crippen LogP contribution in [0.5, 0.6) is 0 Å². The van der Waals surface area contributed by atoms with Crippen molar-refractivity contribution in [3.05, 3.63) is 35.2 Å². The fourth-order valence-corrected chi connectivity index (χ4v) is 7.13. The highest BCUT2D eigenvalue weighted by Gasteiger charge is 2.40. The Labute approximate surface area is 248 Å².